The van der Waals surface area contributed by atoms with E-state index in [2.05, 4.69) is 20.9 Å². The molecule has 0 bridgehead atoms. The highest BCUT2D eigenvalue weighted by atomic mass is 79.9. The summed E-state index contributed by atoms with van der Waals surface area (Å²) in [5.74, 6) is 0.855. The van der Waals surface area contributed by atoms with E-state index in [1.807, 2.05) is 37.3 Å². The number of hydrogen-bond acceptors (Lipinski definition) is 2. The number of aryl methyl sites for hydroxylation is 1. The minimum Gasteiger partial charge on any atom is -0.489 e. The lowest BCUT2D eigenvalue weighted by molar-refractivity contribution is 0.303. The van der Waals surface area contributed by atoms with E-state index >= 15 is 0 Å². The second kappa shape index (κ2) is 5.52. The van der Waals surface area contributed by atoms with Crippen molar-refractivity contribution in [2.45, 2.75) is 13.5 Å². The number of benzene rings is 1. The van der Waals surface area contributed by atoms with Crippen molar-refractivity contribution in [1.82, 2.24) is 4.98 Å². The van der Waals surface area contributed by atoms with Crippen LogP contribution in [0.3, 0.4) is 0 Å². The molecule has 0 aliphatic rings. The Morgan fingerprint density at radius 1 is 1.35 bits per heavy atom. The Balaban J connectivity index is 2.10. The smallest absolute Gasteiger partial charge is 0.135 e. The summed E-state index contributed by atoms with van der Waals surface area (Å²) < 4.78 is 6.76. The van der Waals surface area contributed by atoms with Crippen LogP contribution in [0, 0.1) is 6.92 Å². The van der Waals surface area contributed by atoms with Gasteiger partial charge in [0.1, 0.15) is 17.5 Å². The number of rotatable bonds is 3. The van der Waals surface area contributed by atoms with Crippen molar-refractivity contribution in [3.8, 4) is 5.75 Å². The zero-order chi connectivity index (χ0) is 12.3. The topological polar surface area (TPSA) is 22.1 Å². The maximum Gasteiger partial charge on any atom is 0.135 e. The van der Waals surface area contributed by atoms with Gasteiger partial charge in [0.2, 0.25) is 0 Å². The molecule has 1 heterocycles. The van der Waals surface area contributed by atoms with Gasteiger partial charge in [0.25, 0.3) is 0 Å². The van der Waals surface area contributed by atoms with Gasteiger partial charge in [0.05, 0.1) is 0 Å². The van der Waals surface area contributed by atoms with Crippen molar-refractivity contribution in [3.05, 3.63) is 57.3 Å². The molecule has 2 nitrogen and oxygen atoms in total. The van der Waals surface area contributed by atoms with Crippen LogP contribution in [0.15, 0.2) is 41.0 Å². The fourth-order valence-corrected chi connectivity index (χ4v) is 2.11. The van der Waals surface area contributed by atoms with Crippen LogP contribution in [-0.2, 0) is 6.61 Å². The van der Waals surface area contributed by atoms with E-state index in [9.17, 15) is 0 Å². The summed E-state index contributed by atoms with van der Waals surface area (Å²) in [6, 6.07) is 9.65. The van der Waals surface area contributed by atoms with Crippen molar-refractivity contribution < 1.29 is 4.74 Å². The zero-order valence-electron chi connectivity index (χ0n) is 9.28. The fraction of sp³-hybridized carbons (Fsp3) is 0.154. The van der Waals surface area contributed by atoms with Crippen LogP contribution in [0.25, 0.3) is 0 Å². The summed E-state index contributed by atoms with van der Waals surface area (Å²) in [6.45, 7) is 2.43. The summed E-state index contributed by atoms with van der Waals surface area (Å²) in [7, 11) is 0. The van der Waals surface area contributed by atoms with E-state index in [0.717, 1.165) is 21.3 Å². The van der Waals surface area contributed by atoms with Crippen molar-refractivity contribution in [3.63, 3.8) is 0 Å². The first kappa shape index (κ1) is 12.4. The highest BCUT2D eigenvalue weighted by Crippen LogP contribution is 2.23. The average Bonchev–Trinajstić information content (AvgIpc) is 2.30. The van der Waals surface area contributed by atoms with Gasteiger partial charge in [-0.1, -0.05) is 33.6 Å². The van der Waals surface area contributed by atoms with E-state index in [0.29, 0.717) is 11.8 Å². The van der Waals surface area contributed by atoms with Gasteiger partial charge < -0.3 is 4.74 Å². The summed E-state index contributed by atoms with van der Waals surface area (Å²) in [5.41, 5.74) is 1.97. The van der Waals surface area contributed by atoms with Crippen LogP contribution in [-0.4, -0.2) is 4.98 Å². The molecule has 0 atom stereocenters. The number of hydrogen-bond donors (Lipinski definition) is 0. The SMILES string of the molecule is Cc1cc(Br)ccc1OCc1cccnc1Cl. The molecule has 88 valence electrons. The molecule has 1 aromatic heterocycles. The van der Waals surface area contributed by atoms with Gasteiger partial charge in [0, 0.05) is 16.2 Å². The van der Waals surface area contributed by atoms with Gasteiger partial charge in [-0.15, -0.1) is 0 Å². The van der Waals surface area contributed by atoms with E-state index in [1.165, 1.54) is 0 Å². The van der Waals surface area contributed by atoms with Crippen LogP contribution < -0.4 is 4.74 Å². The molecular weight excluding hydrogens is 302 g/mol. The van der Waals surface area contributed by atoms with Gasteiger partial charge in [-0.05, 0) is 36.8 Å². The monoisotopic (exact) mass is 311 g/mol. The Labute approximate surface area is 114 Å². The number of halogens is 2. The molecule has 1 aromatic carbocycles. The van der Waals surface area contributed by atoms with E-state index in [4.69, 9.17) is 16.3 Å². The Hall–Kier alpha value is -1.06. The van der Waals surface area contributed by atoms with Crippen molar-refractivity contribution in [2.24, 2.45) is 0 Å². The van der Waals surface area contributed by atoms with Crippen LogP contribution in [0.1, 0.15) is 11.1 Å². The Morgan fingerprint density at radius 3 is 2.88 bits per heavy atom. The molecule has 4 heteroatoms. The third kappa shape index (κ3) is 3.20. The lowest BCUT2D eigenvalue weighted by Gasteiger charge is -2.09. The Bertz CT molecular complexity index is 531. The molecule has 0 saturated carbocycles. The van der Waals surface area contributed by atoms with Gasteiger partial charge in [-0.3, -0.25) is 0 Å². The first-order valence-electron chi connectivity index (χ1n) is 5.15. The van der Waals surface area contributed by atoms with Crippen LogP contribution >= 0.6 is 27.5 Å². The molecule has 0 aliphatic heterocycles. The van der Waals surface area contributed by atoms with Gasteiger partial charge in [-0.25, -0.2) is 4.98 Å². The predicted octanol–water partition coefficient (Wildman–Crippen LogP) is 4.38. The maximum absolute atomic E-state index is 5.96. The van der Waals surface area contributed by atoms with Crippen molar-refractivity contribution in [2.75, 3.05) is 0 Å². The van der Waals surface area contributed by atoms with E-state index in [-0.39, 0.29) is 0 Å². The molecule has 0 aliphatic carbocycles. The van der Waals surface area contributed by atoms with Crippen LogP contribution in [0.4, 0.5) is 0 Å². The lowest BCUT2D eigenvalue weighted by Crippen LogP contribution is -1.98. The Kier molecular flexibility index (Phi) is 4.02. The quantitative estimate of drug-likeness (QED) is 0.784. The zero-order valence-corrected chi connectivity index (χ0v) is 11.6. The van der Waals surface area contributed by atoms with E-state index < -0.39 is 0 Å². The predicted molar refractivity (Wildman–Crippen MR) is 72.5 cm³/mol. The minimum absolute atomic E-state index is 0.426. The second-order valence-corrected chi connectivity index (χ2v) is 4.93. The van der Waals surface area contributed by atoms with E-state index in [1.54, 1.807) is 6.20 Å². The Morgan fingerprint density at radius 2 is 2.18 bits per heavy atom. The van der Waals surface area contributed by atoms with Crippen LogP contribution in [0.2, 0.25) is 5.15 Å². The summed E-state index contributed by atoms with van der Waals surface area (Å²) in [5, 5.41) is 0.488. The van der Waals surface area contributed by atoms with Gasteiger partial charge >= 0.3 is 0 Å². The molecule has 2 rings (SSSR count). The fourth-order valence-electron chi connectivity index (χ4n) is 1.46. The largest absolute Gasteiger partial charge is 0.489 e. The summed E-state index contributed by atoms with van der Waals surface area (Å²) >= 11 is 9.37. The highest BCUT2D eigenvalue weighted by molar-refractivity contribution is 9.10. The lowest BCUT2D eigenvalue weighted by atomic mass is 10.2. The number of pyridine rings is 1. The van der Waals surface area contributed by atoms with Gasteiger partial charge in [0.15, 0.2) is 0 Å². The standard InChI is InChI=1S/C13H11BrClNO/c1-9-7-11(14)4-5-12(9)17-8-10-3-2-6-16-13(10)15/h2-7H,8H2,1H3. The van der Waals surface area contributed by atoms with Crippen LogP contribution in [0.5, 0.6) is 5.75 Å². The maximum atomic E-state index is 5.96. The molecule has 0 fully saturated rings. The number of ether oxygens (including phenoxy) is 1. The molecule has 0 saturated heterocycles. The number of aromatic nitrogens is 1. The minimum atomic E-state index is 0.426. The van der Waals surface area contributed by atoms with Crippen molar-refractivity contribution in [1.29, 1.82) is 0 Å². The van der Waals surface area contributed by atoms with Gasteiger partial charge in [-0.2, -0.15) is 0 Å². The molecule has 17 heavy (non-hydrogen) atoms. The molecule has 0 radical (unpaired) electrons. The molecule has 0 spiro atoms. The van der Waals surface area contributed by atoms with Crippen molar-refractivity contribution >= 4 is 27.5 Å². The molecule has 0 amide bonds. The molecule has 0 N–H and O–H groups in total. The average molecular weight is 313 g/mol. The summed E-state index contributed by atoms with van der Waals surface area (Å²) in [6.07, 6.45) is 1.66. The third-order valence-electron chi connectivity index (χ3n) is 2.36. The third-order valence-corrected chi connectivity index (χ3v) is 3.19. The normalized spacial score (nSPS) is 10.3. The molecule has 2 aromatic rings. The molecule has 0 unspecified atom stereocenters. The first-order valence-corrected chi connectivity index (χ1v) is 6.32. The second-order valence-electron chi connectivity index (χ2n) is 3.65. The number of nitrogens with zero attached hydrogens (tertiary/aromatic N) is 1. The first-order chi connectivity index (χ1) is 8.16. The summed E-state index contributed by atoms with van der Waals surface area (Å²) in [4.78, 5) is 4.01. The molecular formula is C13H11BrClNO. The highest BCUT2D eigenvalue weighted by Gasteiger charge is 2.03.